The molecule has 0 bridgehead atoms. The fourth-order valence-corrected chi connectivity index (χ4v) is 3.25. The van der Waals surface area contributed by atoms with Crippen LogP contribution in [-0.4, -0.2) is 47.5 Å². The molecule has 0 spiro atoms. The zero-order chi connectivity index (χ0) is 20.3. The first-order valence-corrected chi connectivity index (χ1v) is 9.53. The van der Waals surface area contributed by atoms with E-state index < -0.39 is 0 Å². The van der Waals surface area contributed by atoms with Crippen LogP contribution in [0.1, 0.15) is 5.56 Å². The second kappa shape index (κ2) is 8.58. The van der Waals surface area contributed by atoms with E-state index >= 15 is 0 Å². The lowest BCUT2D eigenvalue weighted by atomic mass is 10.2. The molecule has 0 unspecified atom stereocenters. The topological polar surface area (TPSA) is 38.5 Å². The van der Waals surface area contributed by atoms with Crippen LogP contribution in [0.4, 0.5) is 5.69 Å². The molecular weight excluding hydrogens is 370 g/mol. The van der Waals surface area contributed by atoms with Crippen LogP contribution in [0.2, 0.25) is 0 Å². The maximum Gasteiger partial charge on any atom is 0.199 e. The van der Waals surface area contributed by atoms with Gasteiger partial charge in [0.25, 0.3) is 0 Å². The summed E-state index contributed by atoms with van der Waals surface area (Å²) in [5.74, 6) is 1.67. The molecule has 3 rings (SSSR count). The lowest BCUT2D eigenvalue weighted by molar-refractivity contribution is 0.244. The highest BCUT2D eigenvalue weighted by Crippen LogP contribution is 2.21. The fourth-order valence-electron chi connectivity index (χ4n) is 3.06. The van der Waals surface area contributed by atoms with Gasteiger partial charge in [0.05, 0.1) is 13.8 Å². The first kappa shape index (κ1) is 20.1. The Kier molecular flexibility index (Phi) is 6.16. The maximum absolute atomic E-state index is 5.60. The smallest absolute Gasteiger partial charge is 0.199 e. The Morgan fingerprint density at radius 1 is 1.00 bits per heavy atom. The van der Waals surface area contributed by atoms with Crippen molar-refractivity contribution < 1.29 is 4.74 Å². The predicted molar refractivity (Wildman–Crippen MR) is 116 cm³/mol. The van der Waals surface area contributed by atoms with Gasteiger partial charge < -0.3 is 14.2 Å². The third kappa shape index (κ3) is 4.43. The Balaban J connectivity index is 1.74. The number of hydrogen-bond donors (Lipinski definition) is 0. The minimum Gasteiger partial charge on any atom is -0.497 e. The predicted octanol–water partition coefficient (Wildman–Crippen LogP) is 3.78. The van der Waals surface area contributed by atoms with Crippen LogP contribution < -0.4 is 9.64 Å². The molecule has 0 saturated carbocycles. The zero-order valence-corrected chi connectivity index (χ0v) is 17.9. The van der Waals surface area contributed by atoms with Gasteiger partial charge in [0, 0.05) is 38.9 Å². The fraction of sp³-hybridized carbons (Fsp3) is 0.333. The average molecular weight is 398 g/mol. The summed E-state index contributed by atoms with van der Waals surface area (Å²) in [6.45, 7) is 1.45. The van der Waals surface area contributed by atoms with Gasteiger partial charge in [-0.2, -0.15) is 5.10 Å². The molecule has 0 aliphatic rings. The van der Waals surface area contributed by atoms with Gasteiger partial charge in [-0.15, -0.1) is 0 Å². The molecule has 0 saturated heterocycles. The Hall–Kier alpha value is -2.64. The standard InChI is InChI=1S/C21H27N5OS/c1-23(2)18-10-6-16(7-11-18)14-24(3)15-26-21(28)25(4)20(22-26)17-8-12-19(27-5)13-9-17/h6-13H,14-15H2,1-5H3. The quantitative estimate of drug-likeness (QED) is 0.567. The lowest BCUT2D eigenvalue weighted by Gasteiger charge is -2.18. The number of aromatic nitrogens is 3. The highest BCUT2D eigenvalue weighted by atomic mass is 32.1. The van der Waals surface area contributed by atoms with Crippen molar-refractivity contribution in [3.63, 3.8) is 0 Å². The van der Waals surface area contributed by atoms with Crippen molar-refractivity contribution in [2.24, 2.45) is 7.05 Å². The summed E-state index contributed by atoms with van der Waals surface area (Å²) in [5.41, 5.74) is 3.46. The molecule has 6 nitrogen and oxygen atoms in total. The van der Waals surface area contributed by atoms with Crippen molar-refractivity contribution >= 4 is 17.9 Å². The van der Waals surface area contributed by atoms with Gasteiger partial charge in [-0.1, -0.05) is 12.1 Å². The van der Waals surface area contributed by atoms with Crippen LogP contribution in [-0.2, 0) is 20.3 Å². The normalized spacial score (nSPS) is 11.1. The molecule has 1 heterocycles. The molecule has 0 atom stereocenters. The van der Waals surface area contributed by atoms with Crippen LogP contribution in [0.25, 0.3) is 11.4 Å². The van der Waals surface area contributed by atoms with Crippen LogP contribution in [0.3, 0.4) is 0 Å². The minimum atomic E-state index is 0.623. The third-order valence-electron chi connectivity index (χ3n) is 4.67. The van der Waals surface area contributed by atoms with Gasteiger partial charge in [0.1, 0.15) is 5.75 Å². The molecule has 7 heteroatoms. The van der Waals surface area contributed by atoms with Crippen molar-refractivity contribution in [3.8, 4) is 17.1 Å². The van der Waals surface area contributed by atoms with Gasteiger partial charge in [-0.3, -0.25) is 4.90 Å². The number of nitrogens with zero attached hydrogens (tertiary/aromatic N) is 5. The first-order chi connectivity index (χ1) is 13.4. The van der Waals surface area contributed by atoms with Crippen molar-refractivity contribution in [1.29, 1.82) is 0 Å². The largest absolute Gasteiger partial charge is 0.497 e. The van der Waals surface area contributed by atoms with E-state index in [1.54, 1.807) is 7.11 Å². The van der Waals surface area contributed by atoms with E-state index in [9.17, 15) is 0 Å². The molecule has 0 amide bonds. The van der Waals surface area contributed by atoms with E-state index in [1.807, 2.05) is 54.7 Å². The van der Waals surface area contributed by atoms with Crippen molar-refractivity contribution in [2.45, 2.75) is 13.2 Å². The third-order valence-corrected chi connectivity index (χ3v) is 5.15. The second-order valence-electron chi connectivity index (χ2n) is 7.11. The van der Waals surface area contributed by atoms with Gasteiger partial charge in [-0.05, 0) is 61.2 Å². The van der Waals surface area contributed by atoms with E-state index in [0.29, 0.717) is 11.4 Å². The Morgan fingerprint density at radius 2 is 1.64 bits per heavy atom. The summed E-state index contributed by atoms with van der Waals surface area (Å²) in [6.07, 6.45) is 0. The summed E-state index contributed by atoms with van der Waals surface area (Å²) in [5, 5.41) is 4.74. The van der Waals surface area contributed by atoms with Crippen LogP contribution in [0.5, 0.6) is 5.75 Å². The number of methoxy groups -OCH3 is 1. The van der Waals surface area contributed by atoms with Crippen molar-refractivity contribution in [1.82, 2.24) is 19.2 Å². The second-order valence-corrected chi connectivity index (χ2v) is 7.47. The summed E-state index contributed by atoms with van der Waals surface area (Å²) in [6, 6.07) is 16.4. The Bertz CT molecular complexity index is 974. The molecule has 148 valence electrons. The van der Waals surface area contributed by atoms with Crippen molar-refractivity contribution in [3.05, 3.63) is 58.9 Å². The first-order valence-electron chi connectivity index (χ1n) is 9.12. The number of rotatable bonds is 7. The van der Waals surface area contributed by atoms with Gasteiger partial charge in [0.15, 0.2) is 10.6 Å². The van der Waals surface area contributed by atoms with E-state index in [0.717, 1.165) is 23.7 Å². The van der Waals surface area contributed by atoms with Gasteiger partial charge in [-0.25, -0.2) is 4.68 Å². The number of ether oxygens (including phenoxy) is 1. The summed E-state index contributed by atoms with van der Waals surface area (Å²) < 4.78 is 9.73. The molecule has 2 aromatic carbocycles. The molecule has 3 aromatic rings. The summed E-state index contributed by atoms with van der Waals surface area (Å²) >= 11 is 5.60. The molecule has 0 fully saturated rings. The molecule has 28 heavy (non-hydrogen) atoms. The highest BCUT2D eigenvalue weighted by molar-refractivity contribution is 7.71. The molecular formula is C21H27N5OS. The van der Waals surface area contributed by atoms with Crippen LogP contribution in [0, 0.1) is 4.77 Å². The minimum absolute atomic E-state index is 0.623. The van der Waals surface area contributed by atoms with E-state index in [1.165, 1.54) is 11.3 Å². The summed E-state index contributed by atoms with van der Waals surface area (Å²) in [7, 11) is 9.78. The van der Waals surface area contributed by atoms with E-state index in [2.05, 4.69) is 41.1 Å². The van der Waals surface area contributed by atoms with Crippen molar-refractivity contribution in [2.75, 3.05) is 33.2 Å². The zero-order valence-electron chi connectivity index (χ0n) is 17.1. The summed E-state index contributed by atoms with van der Waals surface area (Å²) in [4.78, 5) is 4.30. The highest BCUT2D eigenvalue weighted by Gasteiger charge is 2.12. The lowest BCUT2D eigenvalue weighted by Crippen LogP contribution is -2.22. The SMILES string of the molecule is COc1ccc(-c2nn(CN(C)Cc3ccc(N(C)C)cc3)c(=S)n2C)cc1. The maximum atomic E-state index is 5.60. The number of benzene rings is 2. The molecule has 0 aliphatic carbocycles. The molecule has 0 radical (unpaired) electrons. The van der Waals surface area contributed by atoms with Gasteiger partial charge >= 0.3 is 0 Å². The average Bonchev–Trinajstić information content (AvgIpc) is 2.97. The molecule has 0 aliphatic heterocycles. The van der Waals surface area contributed by atoms with E-state index in [-0.39, 0.29) is 0 Å². The monoisotopic (exact) mass is 397 g/mol. The van der Waals surface area contributed by atoms with Crippen LogP contribution in [0.15, 0.2) is 48.5 Å². The molecule has 1 aromatic heterocycles. The molecule has 0 N–H and O–H groups in total. The van der Waals surface area contributed by atoms with Crippen LogP contribution >= 0.6 is 12.2 Å². The number of anilines is 1. The Morgan fingerprint density at radius 3 is 2.21 bits per heavy atom. The Labute approximate surface area is 171 Å². The van der Waals surface area contributed by atoms with E-state index in [4.69, 9.17) is 22.1 Å². The number of hydrogen-bond acceptors (Lipinski definition) is 5. The van der Waals surface area contributed by atoms with Gasteiger partial charge in [0.2, 0.25) is 0 Å².